The molecule has 0 spiro atoms. The molecule has 0 saturated carbocycles. The lowest BCUT2D eigenvalue weighted by molar-refractivity contribution is 0.880. The first-order chi connectivity index (χ1) is 12.2. The minimum Gasteiger partial charge on any atom is -0.385 e. The highest BCUT2D eigenvalue weighted by Gasteiger charge is 2.10. The van der Waals surface area contributed by atoms with Crippen LogP contribution in [0.5, 0.6) is 0 Å². The van der Waals surface area contributed by atoms with Crippen molar-refractivity contribution in [2.75, 3.05) is 17.2 Å². The Morgan fingerprint density at radius 3 is 2.36 bits per heavy atom. The molecule has 0 unspecified atom stereocenters. The van der Waals surface area contributed by atoms with E-state index in [1.54, 1.807) is 0 Å². The van der Waals surface area contributed by atoms with Gasteiger partial charge in [0, 0.05) is 30.0 Å². The highest BCUT2D eigenvalue weighted by molar-refractivity contribution is 5.73. The van der Waals surface area contributed by atoms with Crippen molar-refractivity contribution in [3.8, 4) is 11.1 Å². The summed E-state index contributed by atoms with van der Waals surface area (Å²) in [5, 5.41) is 6.92. The molecule has 128 valence electrons. The van der Waals surface area contributed by atoms with Crippen LogP contribution in [0.2, 0.25) is 0 Å². The number of nitrogens with zero attached hydrogens (tertiary/aromatic N) is 1. The molecule has 0 aliphatic rings. The summed E-state index contributed by atoms with van der Waals surface area (Å²) in [5.74, 6) is 0. The fraction of sp³-hybridized carbons (Fsp3) is 0.227. The van der Waals surface area contributed by atoms with E-state index < -0.39 is 0 Å². The molecular weight excluding hydrogens is 306 g/mol. The maximum Gasteiger partial charge on any atom is 0.0567 e. The van der Waals surface area contributed by atoms with Crippen LogP contribution in [0.1, 0.15) is 31.0 Å². The zero-order chi connectivity index (χ0) is 17.6. The second kappa shape index (κ2) is 7.84. The Balaban J connectivity index is 1.84. The largest absolute Gasteiger partial charge is 0.385 e. The fourth-order valence-electron chi connectivity index (χ4n) is 2.99. The summed E-state index contributed by atoms with van der Waals surface area (Å²) in [7, 11) is 0. The third-order valence-corrected chi connectivity index (χ3v) is 4.46. The number of pyridine rings is 1. The summed E-state index contributed by atoms with van der Waals surface area (Å²) in [6.07, 6.45) is 3.85. The second-order valence-corrected chi connectivity index (χ2v) is 6.24. The van der Waals surface area contributed by atoms with Crippen LogP contribution in [0.4, 0.5) is 11.4 Å². The van der Waals surface area contributed by atoms with E-state index in [9.17, 15) is 0 Å². The first-order valence-electron chi connectivity index (χ1n) is 8.79. The molecule has 1 heterocycles. The summed E-state index contributed by atoms with van der Waals surface area (Å²) in [6, 6.07) is 19.2. The lowest BCUT2D eigenvalue weighted by Gasteiger charge is -2.19. The minimum atomic E-state index is 0.230. The maximum absolute atomic E-state index is 4.45. The molecule has 0 aliphatic carbocycles. The van der Waals surface area contributed by atoms with Crippen LogP contribution in [0, 0.1) is 6.92 Å². The van der Waals surface area contributed by atoms with Crippen molar-refractivity contribution in [2.45, 2.75) is 26.8 Å². The number of rotatable bonds is 6. The van der Waals surface area contributed by atoms with Gasteiger partial charge in [0.05, 0.1) is 11.9 Å². The molecule has 2 aromatic carbocycles. The van der Waals surface area contributed by atoms with Gasteiger partial charge >= 0.3 is 0 Å². The Hall–Kier alpha value is -2.81. The lowest BCUT2D eigenvalue weighted by Crippen LogP contribution is -2.08. The molecule has 0 saturated heterocycles. The number of hydrogen-bond acceptors (Lipinski definition) is 3. The monoisotopic (exact) mass is 331 g/mol. The molecule has 0 bridgehead atoms. The Bertz CT molecular complexity index is 810. The van der Waals surface area contributed by atoms with Gasteiger partial charge in [-0.2, -0.15) is 0 Å². The van der Waals surface area contributed by atoms with Gasteiger partial charge in [0.1, 0.15) is 0 Å². The van der Waals surface area contributed by atoms with E-state index in [2.05, 4.69) is 84.9 Å². The van der Waals surface area contributed by atoms with E-state index in [-0.39, 0.29) is 6.04 Å². The fourth-order valence-corrected chi connectivity index (χ4v) is 2.99. The van der Waals surface area contributed by atoms with E-state index in [0.29, 0.717) is 0 Å². The van der Waals surface area contributed by atoms with Crippen molar-refractivity contribution in [3.63, 3.8) is 0 Å². The maximum atomic E-state index is 4.45. The van der Waals surface area contributed by atoms with Gasteiger partial charge in [-0.1, -0.05) is 42.5 Å². The highest BCUT2D eigenvalue weighted by atomic mass is 14.9. The molecule has 0 fully saturated rings. The SMILES string of the molecule is CCNc1ccc(-c2cncc(N[C@@H](C)c3ccccc3)c2C)cc1. The summed E-state index contributed by atoms with van der Waals surface area (Å²) in [4.78, 5) is 4.45. The van der Waals surface area contributed by atoms with E-state index in [1.165, 1.54) is 16.7 Å². The number of benzene rings is 2. The topological polar surface area (TPSA) is 37.0 Å². The van der Waals surface area contributed by atoms with E-state index in [1.807, 2.05) is 18.5 Å². The quantitative estimate of drug-likeness (QED) is 0.612. The van der Waals surface area contributed by atoms with Gasteiger partial charge < -0.3 is 10.6 Å². The number of anilines is 2. The molecule has 0 radical (unpaired) electrons. The Labute approximate surface area is 150 Å². The van der Waals surface area contributed by atoms with Gasteiger partial charge in [0.2, 0.25) is 0 Å². The Morgan fingerprint density at radius 1 is 0.960 bits per heavy atom. The molecule has 1 aromatic heterocycles. The molecule has 1 atom stereocenters. The van der Waals surface area contributed by atoms with Crippen molar-refractivity contribution in [3.05, 3.63) is 78.1 Å². The van der Waals surface area contributed by atoms with Crippen LogP contribution in [-0.2, 0) is 0 Å². The van der Waals surface area contributed by atoms with Crippen LogP contribution in [-0.4, -0.2) is 11.5 Å². The zero-order valence-corrected chi connectivity index (χ0v) is 15.1. The van der Waals surface area contributed by atoms with Gasteiger partial charge in [-0.25, -0.2) is 0 Å². The molecule has 3 heteroatoms. The molecule has 0 aliphatic heterocycles. The van der Waals surface area contributed by atoms with Gasteiger partial charge in [0.15, 0.2) is 0 Å². The highest BCUT2D eigenvalue weighted by Crippen LogP contribution is 2.30. The van der Waals surface area contributed by atoms with Gasteiger partial charge in [0.25, 0.3) is 0 Å². The number of nitrogens with one attached hydrogen (secondary N) is 2. The Kier molecular flexibility index (Phi) is 5.34. The molecule has 0 amide bonds. The van der Waals surface area contributed by atoms with Crippen LogP contribution in [0.15, 0.2) is 67.0 Å². The predicted octanol–water partition coefficient (Wildman–Crippen LogP) is 5.66. The normalized spacial score (nSPS) is 11.8. The average Bonchev–Trinajstić information content (AvgIpc) is 2.65. The van der Waals surface area contributed by atoms with Gasteiger partial charge in [-0.3, -0.25) is 4.98 Å². The van der Waals surface area contributed by atoms with Crippen molar-refractivity contribution in [2.24, 2.45) is 0 Å². The van der Waals surface area contributed by atoms with Crippen LogP contribution >= 0.6 is 0 Å². The number of hydrogen-bond donors (Lipinski definition) is 2. The minimum absolute atomic E-state index is 0.230. The second-order valence-electron chi connectivity index (χ2n) is 6.24. The third kappa shape index (κ3) is 4.00. The van der Waals surface area contributed by atoms with Gasteiger partial charge in [-0.05, 0) is 49.6 Å². The summed E-state index contributed by atoms with van der Waals surface area (Å²) >= 11 is 0. The summed E-state index contributed by atoms with van der Waals surface area (Å²) in [5.41, 5.74) is 7.04. The molecule has 3 rings (SSSR count). The van der Waals surface area contributed by atoms with E-state index in [0.717, 1.165) is 23.5 Å². The van der Waals surface area contributed by atoms with Gasteiger partial charge in [-0.15, -0.1) is 0 Å². The van der Waals surface area contributed by atoms with E-state index >= 15 is 0 Å². The summed E-state index contributed by atoms with van der Waals surface area (Å²) in [6.45, 7) is 7.35. The smallest absolute Gasteiger partial charge is 0.0567 e. The van der Waals surface area contributed by atoms with Crippen molar-refractivity contribution < 1.29 is 0 Å². The van der Waals surface area contributed by atoms with Crippen LogP contribution < -0.4 is 10.6 Å². The molecular formula is C22H25N3. The molecule has 25 heavy (non-hydrogen) atoms. The van der Waals surface area contributed by atoms with Crippen molar-refractivity contribution >= 4 is 11.4 Å². The molecule has 2 N–H and O–H groups in total. The Morgan fingerprint density at radius 2 is 1.68 bits per heavy atom. The average molecular weight is 331 g/mol. The predicted molar refractivity (Wildman–Crippen MR) is 107 cm³/mol. The molecule has 3 aromatic rings. The number of aromatic nitrogens is 1. The molecule has 3 nitrogen and oxygen atoms in total. The zero-order valence-electron chi connectivity index (χ0n) is 15.1. The van der Waals surface area contributed by atoms with Crippen molar-refractivity contribution in [1.82, 2.24) is 4.98 Å². The van der Waals surface area contributed by atoms with Crippen LogP contribution in [0.3, 0.4) is 0 Å². The standard InChI is InChI=1S/C22H25N3/c1-4-24-20-12-10-19(11-13-20)21-14-23-15-22(16(21)2)25-17(3)18-8-6-5-7-9-18/h5-15,17,24-25H,4H2,1-3H3/t17-/m0/s1. The summed E-state index contributed by atoms with van der Waals surface area (Å²) < 4.78 is 0. The first kappa shape index (κ1) is 17.0. The van der Waals surface area contributed by atoms with E-state index in [4.69, 9.17) is 0 Å². The lowest BCUT2D eigenvalue weighted by atomic mass is 10.0. The van der Waals surface area contributed by atoms with Crippen LogP contribution in [0.25, 0.3) is 11.1 Å². The van der Waals surface area contributed by atoms with Crippen molar-refractivity contribution in [1.29, 1.82) is 0 Å². The third-order valence-electron chi connectivity index (χ3n) is 4.46. The first-order valence-corrected chi connectivity index (χ1v) is 8.79.